The van der Waals surface area contributed by atoms with Crippen molar-refractivity contribution in [2.24, 2.45) is 0 Å². The van der Waals surface area contributed by atoms with E-state index in [1.807, 2.05) is 46.0 Å². The first-order chi connectivity index (χ1) is 22.4. The Morgan fingerprint density at radius 2 is 1.57 bits per heavy atom. The Hall–Kier alpha value is -3.75. The Balaban J connectivity index is 1.39. The van der Waals surface area contributed by atoms with Gasteiger partial charge in [0.15, 0.2) is 5.75 Å². The largest absolute Gasteiger partial charge is 0.492 e. The van der Waals surface area contributed by atoms with Crippen molar-refractivity contribution in [3.8, 4) is 11.5 Å². The minimum Gasteiger partial charge on any atom is -0.492 e. The topological polar surface area (TPSA) is 130 Å². The molecule has 3 aromatic carbocycles. The van der Waals surface area contributed by atoms with Gasteiger partial charge in [0, 0.05) is 56.8 Å². The number of piperazine rings is 1. The molecule has 1 amide bonds. The molecular formula is C34H45N5O7S. The van der Waals surface area contributed by atoms with Gasteiger partial charge in [-0.25, -0.2) is 0 Å². The van der Waals surface area contributed by atoms with Crippen LogP contribution in [0.2, 0.25) is 0 Å². The Bertz CT molecular complexity index is 1710. The van der Waals surface area contributed by atoms with E-state index in [1.54, 1.807) is 30.3 Å². The molecule has 3 aromatic rings. The number of ketones is 1. The summed E-state index contributed by atoms with van der Waals surface area (Å²) in [4.78, 5) is 31.6. The maximum absolute atomic E-state index is 13.7. The summed E-state index contributed by atoms with van der Waals surface area (Å²) in [6.45, 7) is 12.2. The van der Waals surface area contributed by atoms with Crippen molar-refractivity contribution in [2.45, 2.75) is 26.2 Å². The van der Waals surface area contributed by atoms with E-state index >= 15 is 0 Å². The molecule has 13 heteroatoms. The van der Waals surface area contributed by atoms with Crippen LogP contribution in [0.5, 0.6) is 11.5 Å². The maximum Gasteiger partial charge on any atom is 0.301 e. The van der Waals surface area contributed by atoms with Gasteiger partial charge in [-0.1, -0.05) is 45.0 Å². The minimum atomic E-state index is -3.92. The molecule has 2 heterocycles. The van der Waals surface area contributed by atoms with Crippen molar-refractivity contribution in [2.75, 3.05) is 89.8 Å². The quantitative estimate of drug-likeness (QED) is 0.233. The summed E-state index contributed by atoms with van der Waals surface area (Å²) in [5, 5.41) is 4.03. The summed E-state index contributed by atoms with van der Waals surface area (Å²) in [5.74, 6) is -0.898. The van der Waals surface area contributed by atoms with Gasteiger partial charge in [-0.3, -0.25) is 19.2 Å². The van der Waals surface area contributed by atoms with Crippen LogP contribution >= 0.6 is 0 Å². The summed E-state index contributed by atoms with van der Waals surface area (Å²) in [5.41, 5.74) is 0.895. The van der Waals surface area contributed by atoms with E-state index in [9.17, 15) is 18.0 Å². The van der Waals surface area contributed by atoms with Crippen LogP contribution in [0.3, 0.4) is 0 Å². The maximum atomic E-state index is 13.7. The van der Waals surface area contributed by atoms with Crippen LogP contribution in [0, 0.1) is 0 Å². The van der Waals surface area contributed by atoms with E-state index in [0.717, 1.165) is 30.6 Å². The number of methoxy groups -OCH3 is 1. The lowest BCUT2D eigenvalue weighted by Crippen LogP contribution is -2.48. The highest BCUT2D eigenvalue weighted by atomic mass is 32.2. The monoisotopic (exact) mass is 667 g/mol. The SMILES string of the molecule is COc1c(NC(=O)C(=O)c2ccc(OCCN3CCOCC3)c3ccccc23)cc(C(C)(C)C)cc1NS(=O)(=O)N1CCN(C)CC1. The molecule has 0 aliphatic carbocycles. The summed E-state index contributed by atoms with van der Waals surface area (Å²) >= 11 is 0. The summed E-state index contributed by atoms with van der Waals surface area (Å²) in [6, 6.07) is 14.1. The van der Waals surface area contributed by atoms with Gasteiger partial charge < -0.3 is 24.4 Å². The van der Waals surface area contributed by atoms with Crippen molar-refractivity contribution in [1.82, 2.24) is 14.1 Å². The summed E-state index contributed by atoms with van der Waals surface area (Å²) < 4.78 is 48.0. The van der Waals surface area contributed by atoms with Crippen LogP contribution in [0.15, 0.2) is 48.5 Å². The average Bonchev–Trinajstić information content (AvgIpc) is 3.04. The average molecular weight is 668 g/mol. The number of carbonyl (C=O) groups excluding carboxylic acids is 2. The normalized spacial score (nSPS) is 17.0. The molecule has 2 aliphatic rings. The second-order valence-corrected chi connectivity index (χ2v) is 14.6. The fraction of sp³-hybridized carbons (Fsp3) is 0.471. The number of hydrogen-bond donors (Lipinski definition) is 2. The number of amides is 1. The third kappa shape index (κ3) is 8.22. The number of fused-ring (bicyclic) bond motifs is 1. The van der Waals surface area contributed by atoms with E-state index in [2.05, 4.69) is 19.8 Å². The molecule has 5 rings (SSSR count). The van der Waals surface area contributed by atoms with Crippen LogP contribution in [0.25, 0.3) is 10.8 Å². The lowest BCUT2D eigenvalue weighted by molar-refractivity contribution is -0.112. The van der Waals surface area contributed by atoms with Gasteiger partial charge in [0.05, 0.1) is 31.7 Å². The van der Waals surface area contributed by atoms with Crippen LogP contribution in [-0.2, 0) is 25.2 Å². The van der Waals surface area contributed by atoms with Crippen LogP contribution in [0.1, 0.15) is 36.7 Å². The zero-order chi connectivity index (χ0) is 33.8. The van der Waals surface area contributed by atoms with Gasteiger partial charge >= 0.3 is 10.2 Å². The van der Waals surface area contributed by atoms with E-state index < -0.39 is 27.3 Å². The fourth-order valence-electron chi connectivity index (χ4n) is 5.69. The van der Waals surface area contributed by atoms with Gasteiger partial charge in [-0.15, -0.1) is 0 Å². The van der Waals surface area contributed by atoms with E-state index in [0.29, 0.717) is 57.1 Å². The zero-order valence-electron chi connectivity index (χ0n) is 27.8. The molecule has 0 atom stereocenters. The Morgan fingerprint density at radius 3 is 2.23 bits per heavy atom. The Morgan fingerprint density at radius 1 is 0.915 bits per heavy atom. The number of anilines is 2. The summed E-state index contributed by atoms with van der Waals surface area (Å²) in [7, 11) is -0.586. The molecule has 0 saturated carbocycles. The van der Waals surface area contributed by atoms with Gasteiger partial charge in [0.2, 0.25) is 0 Å². The van der Waals surface area contributed by atoms with Gasteiger partial charge in [-0.05, 0) is 47.7 Å². The second-order valence-electron chi connectivity index (χ2n) is 12.9. The minimum absolute atomic E-state index is 0.103. The van der Waals surface area contributed by atoms with Crippen molar-refractivity contribution in [1.29, 1.82) is 0 Å². The van der Waals surface area contributed by atoms with Crippen LogP contribution < -0.4 is 19.5 Å². The summed E-state index contributed by atoms with van der Waals surface area (Å²) in [6.07, 6.45) is 0. The number of ether oxygens (including phenoxy) is 3. The molecule has 0 aromatic heterocycles. The number of hydrogen-bond acceptors (Lipinski definition) is 9. The molecule has 2 aliphatic heterocycles. The van der Waals surface area contributed by atoms with E-state index in [-0.39, 0.29) is 22.7 Å². The number of benzene rings is 3. The molecular weight excluding hydrogens is 622 g/mol. The van der Waals surface area contributed by atoms with E-state index in [1.165, 1.54) is 11.4 Å². The molecule has 0 spiro atoms. The standard InChI is InChI=1S/C34H45N5O7S/c1-34(2,3)24-22-28(32(44-5)29(23-24)36-47(42,43)39-14-12-37(4)13-15-39)35-33(41)31(40)27-10-11-30(26-9-7-6-8-25(26)27)46-21-18-38-16-19-45-20-17-38/h6-11,22-23,36H,12-21H2,1-5H3,(H,35,41). The zero-order valence-corrected chi connectivity index (χ0v) is 28.6. The third-order valence-electron chi connectivity index (χ3n) is 8.55. The second kappa shape index (κ2) is 14.6. The van der Waals surface area contributed by atoms with Crippen LogP contribution in [-0.4, -0.2) is 114 Å². The fourth-order valence-corrected chi connectivity index (χ4v) is 6.89. The predicted molar refractivity (Wildman–Crippen MR) is 183 cm³/mol. The van der Waals surface area contributed by atoms with Gasteiger partial charge in [0.25, 0.3) is 11.7 Å². The molecule has 0 bridgehead atoms. The first-order valence-corrected chi connectivity index (χ1v) is 17.3. The molecule has 2 N–H and O–H groups in total. The predicted octanol–water partition coefficient (Wildman–Crippen LogP) is 3.58. The van der Waals surface area contributed by atoms with Crippen LogP contribution in [0.4, 0.5) is 11.4 Å². The van der Waals surface area contributed by atoms with Gasteiger partial charge in [-0.2, -0.15) is 12.7 Å². The smallest absolute Gasteiger partial charge is 0.301 e. The highest BCUT2D eigenvalue weighted by Gasteiger charge is 2.30. The Kier molecular flexibility index (Phi) is 10.7. The van der Waals surface area contributed by atoms with Crippen molar-refractivity contribution in [3.63, 3.8) is 0 Å². The highest BCUT2D eigenvalue weighted by molar-refractivity contribution is 7.90. The third-order valence-corrected chi connectivity index (χ3v) is 10.1. The lowest BCUT2D eigenvalue weighted by Gasteiger charge is -2.32. The molecule has 0 unspecified atom stereocenters. The number of rotatable bonds is 11. The molecule has 0 radical (unpaired) electrons. The molecule has 2 saturated heterocycles. The number of likely N-dealkylation sites (N-methyl/N-ethyl adjacent to an activating group) is 1. The van der Waals surface area contributed by atoms with Crippen molar-refractivity contribution >= 4 is 44.0 Å². The molecule has 254 valence electrons. The van der Waals surface area contributed by atoms with Crippen molar-refractivity contribution < 1.29 is 32.2 Å². The first-order valence-electron chi connectivity index (χ1n) is 15.9. The van der Waals surface area contributed by atoms with Crippen molar-refractivity contribution in [3.05, 3.63) is 59.7 Å². The number of nitrogens with zero attached hydrogens (tertiary/aromatic N) is 3. The molecule has 47 heavy (non-hydrogen) atoms. The lowest BCUT2D eigenvalue weighted by atomic mass is 9.86. The van der Waals surface area contributed by atoms with Gasteiger partial charge in [0.1, 0.15) is 12.4 Å². The highest BCUT2D eigenvalue weighted by Crippen LogP contribution is 2.40. The first kappa shape index (κ1) is 34.6. The van der Waals surface area contributed by atoms with E-state index in [4.69, 9.17) is 14.2 Å². The number of nitrogens with one attached hydrogen (secondary N) is 2. The molecule has 12 nitrogen and oxygen atoms in total. The number of Topliss-reactive ketones (excluding diaryl/α,β-unsaturated/α-hetero) is 1. The number of carbonyl (C=O) groups is 2. The molecule has 2 fully saturated rings. The Labute approximate surface area is 277 Å². The number of morpholine rings is 1.